The molecule has 1 fully saturated rings. The third-order valence-corrected chi connectivity index (χ3v) is 5.72. The summed E-state index contributed by atoms with van der Waals surface area (Å²) in [5.41, 5.74) is 1.10. The molecule has 2 aromatic carbocycles. The van der Waals surface area contributed by atoms with E-state index in [-0.39, 0.29) is 6.61 Å². The van der Waals surface area contributed by atoms with Gasteiger partial charge in [0.15, 0.2) is 0 Å². The van der Waals surface area contributed by atoms with E-state index in [2.05, 4.69) is 24.8 Å². The van der Waals surface area contributed by atoms with Gasteiger partial charge in [-0.2, -0.15) is 13.2 Å². The van der Waals surface area contributed by atoms with Crippen LogP contribution in [0.4, 0.5) is 18.9 Å². The number of piperazine rings is 1. The van der Waals surface area contributed by atoms with Gasteiger partial charge in [-0.15, -0.1) is 0 Å². The number of hydrogen-bond acceptors (Lipinski definition) is 5. The van der Waals surface area contributed by atoms with Gasteiger partial charge in [0.1, 0.15) is 12.4 Å². The second kappa shape index (κ2) is 11.7. The molecule has 0 bridgehead atoms. The number of halogens is 3. The highest BCUT2D eigenvalue weighted by Crippen LogP contribution is 2.32. The largest absolute Gasteiger partial charge is 0.491 e. The summed E-state index contributed by atoms with van der Waals surface area (Å²) in [6, 6.07) is 13.4. The third kappa shape index (κ3) is 7.62. The van der Waals surface area contributed by atoms with Crippen LogP contribution >= 0.6 is 0 Å². The van der Waals surface area contributed by atoms with Crippen LogP contribution in [0.2, 0.25) is 0 Å². The summed E-state index contributed by atoms with van der Waals surface area (Å²) in [4.78, 5) is 4.05. The molecular weight excluding hydrogens is 433 g/mol. The number of benzene rings is 2. The van der Waals surface area contributed by atoms with E-state index in [0.29, 0.717) is 57.5 Å². The second-order valence-corrected chi connectivity index (χ2v) is 8.61. The van der Waals surface area contributed by atoms with E-state index >= 15 is 0 Å². The van der Waals surface area contributed by atoms with Crippen LogP contribution in [0.3, 0.4) is 0 Å². The van der Waals surface area contributed by atoms with Gasteiger partial charge in [0, 0.05) is 38.4 Å². The molecule has 1 heterocycles. The average Bonchev–Trinajstić information content (AvgIpc) is 2.79. The Morgan fingerprint density at radius 1 is 0.970 bits per heavy atom. The maximum atomic E-state index is 13.0. The van der Waals surface area contributed by atoms with Crippen molar-refractivity contribution in [2.75, 3.05) is 57.4 Å². The smallest absolute Gasteiger partial charge is 0.416 e. The molecule has 8 heteroatoms. The first-order chi connectivity index (χ1) is 15.7. The van der Waals surface area contributed by atoms with Gasteiger partial charge in [-0.1, -0.05) is 38.1 Å². The van der Waals surface area contributed by atoms with Gasteiger partial charge in [0.2, 0.25) is 0 Å². The van der Waals surface area contributed by atoms with Crippen molar-refractivity contribution in [3.63, 3.8) is 0 Å². The fourth-order valence-corrected chi connectivity index (χ4v) is 3.94. The Kier molecular flexibility index (Phi) is 9.00. The van der Waals surface area contributed by atoms with Crippen molar-refractivity contribution in [3.05, 3.63) is 59.7 Å². The Labute approximate surface area is 193 Å². The first-order valence-corrected chi connectivity index (χ1v) is 11.4. The zero-order valence-corrected chi connectivity index (χ0v) is 19.2. The topological polar surface area (TPSA) is 45.2 Å². The zero-order chi connectivity index (χ0) is 23.8. The molecule has 0 aromatic heterocycles. The Hall–Kier alpha value is -2.29. The van der Waals surface area contributed by atoms with Crippen molar-refractivity contribution in [3.8, 4) is 5.75 Å². The van der Waals surface area contributed by atoms with Crippen LogP contribution in [0.15, 0.2) is 48.5 Å². The number of ether oxygens (including phenoxy) is 2. The van der Waals surface area contributed by atoms with E-state index in [0.717, 1.165) is 17.4 Å². The van der Waals surface area contributed by atoms with Crippen molar-refractivity contribution in [2.24, 2.45) is 0 Å². The number of nitrogens with zero attached hydrogens (tertiary/aromatic N) is 2. The second-order valence-electron chi connectivity index (χ2n) is 8.61. The van der Waals surface area contributed by atoms with Crippen LogP contribution in [-0.4, -0.2) is 68.7 Å². The van der Waals surface area contributed by atoms with Gasteiger partial charge in [-0.05, 0) is 35.7 Å². The normalized spacial score (nSPS) is 16.3. The molecule has 0 aliphatic carbocycles. The molecule has 5 nitrogen and oxygen atoms in total. The van der Waals surface area contributed by atoms with Gasteiger partial charge in [-0.3, -0.25) is 4.90 Å². The first kappa shape index (κ1) is 25.3. The number of β-amino-alcohol motifs (C(OH)–C–C–N with tert-alkyl or cyclic N) is 1. The van der Waals surface area contributed by atoms with E-state index < -0.39 is 17.8 Å². The van der Waals surface area contributed by atoms with Crippen molar-refractivity contribution in [1.82, 2.24) is 4.90 Å². The van der Waals surface area contributed by atoms with Crippen molar-refractivity contribution < 1.29 is 27.8 Å². The molecule has 1 saturated heterocycles. The lowest BCUT2D eigenvalue weighted by molar-refractivity contribution is -0.137. The Bertz CT molecular complexity index is 868. The predicted molar refractivity (Wildman–Crippen MR) is 123 cm³/mol. The van der Waals surface area contributed by atoms with E-state index in [4.69, 9.17) is 9.47 Å². The Morgan fingerprint density at radius 2 is 1.70 bits per heavy atom. The molecule has 2 aromatic rings. The number of hydrogen-bond donors (Lipinski definition) is 1. The average molecular weight is 467 g/mol. The van der Waals surface area contributed by atoms with Crippen LogP contribution in [-0.2, 0) is 10.9 Å². The molecule has 0 unspecified atom stereocenters. The van der Waals surface area contributed by atoms with Crippen molar-refractivity contribution >= 4 is 5.69 Å². The molecule has 0 radical (unpaired) electrons. The highest BCUT2D eigenvalue weighted by molar-refractivity contribution is 5.49. The number of rotatable bonds is 10. The van der Waals surface area contributed by atoms with Gasteiger partial charge in [-0.25, -0.2) is 0 Å². The molecule has 1 aliphatic heterocycles. The molecule has 1 atom stereocenters. The molecule has 0 saturated carbocycles. The minimum atomic E-state index is -4.34. The van der Waals surface area contributed by atoms with E-state index in [1.165, 1.54) is 12.1 Å². The molecular formula is C25H33F3N2O3. The molecule has 33 heavy (non-hydrogen) atoms. The maximum Gasteiger partial charge on any atom is 0.416 e. The standard InChI is InChI=1S/C25H33F3N2O3/c1-19(2)23-8-3-4-9-24(23)33-15-14-32-18-22(31)17-29-10-12-30(13-11-29)21-7-5-6-20(16-21)25(26,27)28/h3-9,16,19,22,31H,10-15,17-18H2,1-2H3/t22-/m0/s1. The highest BCUT2D eigenvalue weighted by atomic mass is 19.4. The van der Waals surface area contributed by atoms with E-state index in [1.807, 2.05) is 23.1 Å². The van der Waals surface area contributed by atoms with Crippen LogP contribution < -0.4 is 9.64 Å². The van der Waals surface area contributed by atoms with Crippen LogP contribution in [0.5, 0.6) is 5.75 Å². The summed E-state index contributed by atoms with van der Waals surface area (Å²) in [6.45, 7) is 8.26. The van der Waals surface area contributed by atoms with E-state index in [9.17, 15) is 18.3 Å². The van der Waals surface area contributed by atoms with Gasteiger partial charge < -0.3 is 19.5 Å². The van der Waals surface area contributed by atoms with E-state index in [1.54, 1.807) is 6.07 Å². The highest BCUT2D eigenvalue weighted by Gasteiger charge is 2.31. The molecule has 0 spiro atoms. The number of aliphatic hydroxyl groups excluding tert-OH is 1. The number of aliphatic hydroxyl groups is 1. The third-order valence-electron chi connectivity index (χ3n) is 5.72. The monoisotopic (exact) mass is 466 g/mol. The molecule has 0 amide bonds. The van der Waals surface area contributed by atoms with Crippen LogP contribution in [0.25, 0.3) is 0 Å². The minimum Gasteiger partial charge on any atom is -0.491 e. The minimum absolute atomic E-state index is 0.211. The number of para-hydroxylation sites is 1. The SMILES string of the molecule is CC(C)c1ccccc1OCCOC[C@@H](O)CN1CCN(c2cccc(C(F)(F)F)c2)CC1. The summed E-state index contributed by atoms with van der Waals surface area (Å²) >= 11 is 0. The molecule has 182 valence electrons. The molecule has 1 aliphatic rings. The lowest BCUT2D eigenvalue weighted by atomic mass is 10.0. The van der Waals surface area contributed by atoms with Gasteiger partial charge in [0.25, 0.3) is 0 Å². The summed E-state index contributed by atoms with van der Waals surface area (Å²) in [5, 5.41) is 10.3. The first-order valence-electron chi connectivity index (χ1n) is 11.4. The fourth-order valence-electron chi connectivity index (χ4n) is 3.94. The molecule has 1 N–H and O–H groups in total. The number of alkyl halides is 3. The van der Waals surface area contributed by atoms with Crippen LogP contribution in [0.1, 0.15) is 30.9 Å². The van der Waals surface area contributed by atoms with Gasteiger partial charge in [0.05, 0.1) is 24.9 Å². The Balaban J connectivity index is 1.34. The Morgan fingerprint density at radius 3 is 2.39 bits per heavy atom. The maximum absolute atomic E-state index is 13.0. The number of anilines is 1. The van der Waals surface area contributed by atoms with Gasteiger partial charge >= 0.3 is 6.18 Å². The van der Waals surface area contributed by atoms with Crippen molar-refractivity contribution in [2.45, 2.75) is 32.0 Å². The summed E-state index contributed by atoms with van der Waals surface area (Å²) in [7, 11) is 0. The van der Waals surface area contributed by atoms with Crippen molar-refractivity contribution in [1.29, 1.82) is 0 Å². The fraction of sp³-hybridized carbons (Fsp3) is 0.520. The summed E-state index contributed by atoms with van der Waals surface area (Å²) in [5.74, 6) is 1.23. The quantitative estimate of drug-likeness (QED) is 0.526. The lowest BCUT2D eigenvalue weighted by Crippen LogP contribution is -2.49. The zero-order valence-electron chi connectivity index (χ0n) is 19.2. The summed E-state index contributed by atoms with van der Waals surface area (Å²) < 4.78 is 50.3. The van der Waals surface area contributed by atoms with Crippen LogP contribution in [0, 0.1) is 0 Å². The predicted octanol–water partition coefficient (Wildman–Crippen LogP) is 4.41. The lowest BCUT2D eigenvalue weighted by Gasteiger charge is -2.37. The molecule has 3 rings (SSSR count). The summed E-state index contributed by atoms with van der Waals surface area (Å²) in [6.07, 6.45) is -4.97.